The number of aromatic nitrogens is 2. The topological polar surface area (TPSA) is 569 Å². The third-order valence-corrected chi connectivity index (χ3v) is 20.3. The van der Waals surface area contributed by atoms with Crippen LogP contribution in [0.25, 0.3) is 32.6 Å². The summed E-state index contributed by atoms with van der Waals surface area (Å²) in [5.74, 6) is -17.5. The summed E-state index contributed by atoms with van der Waals surface area (Å²) in [5, 5.41) is 65.1. The number of carboxylic acid groups (broad SMARTS) is 1. The van der Waals surface area contributed by atoms with Crippen LogP contribution in [0.2, 0.25) is 0 Å². The summed E-state index contributed by atoms with van der Waals surface area (Å²) in [6.07, 6.45) is 2.06. The number of aliphatic hydroxyl groups is 1. The summed E-state index contributed by atoms with van der Waals surface area (Å²) in [5.41, 5.74) is 20.2. The van der Waals surface area contributed by atoms with E-state index in [1.807, 2.05) is 36.4 Å². The minimum absolute atomic E-state index is 0.000984. The van der Waals surface area contributed by atoms with Crippen molar-refractivity contribution >= 4 is 133 Å². The Morgan fingerprint density at radius 1 is 0.522 bits per heavy atom. The van der Waals surface area contributed by atoms with Gasteiger partial charge in [0.15, 0.2) is 5.96 Å². The highest BCUT2D eigenvalue weighted by atomic mass is 32.2. The van der Waals surface area contributed by atoms with Gasteiger partial charge in [-0.2, -0.15) is 0 Å². The maximum Gasteiger partial charge on any atom is 0.305 e. The molecule has 36 heteroatoms. The van der Waals surface area contributed by atoms with Crippen LogP contribution in [-0.2, 0) is 86.4 Å². The highest BCUT2D eigenvalue weighted by Gasteiger charge is 2.39. The lowest BCUT2D eigenvalue weighted by atomic mass is 9.96. The van der Waals surface area contributed by atoms with Gasteiger partial charge < -0.3 is 107 Å². The van der Waals surface area contributed by atoms with Crippen LogP contribution in [0.3, 0.4) is 0 Å². The van der Waals surface area contributed by atoms with Crippen LogP contribution in [0.15, 0.2) is 103 Å². The smallest absolute Gasteiger partial charge is 0.305 e. The van der Waals surface area contributed by atoms with Gasteiger partial charge in [0.2, 0.25) is 76.8 Å². The van der Waals surface area contributed by atoms with E-state index in [2.05, 4.69) is 79.1 Å². The van der Waals surface area contributed by atoms with E-state index < -0.39 is 198 Å². The maximum atomic E-state index is 15.0. The quantitative estimate of drug-likeness (QED) is 0.0214. The number of aromatic amines is 2. The summed E-state index contributed by atoms with van der Waals surface area (Å²) in [6, 6.07) is 9.74. The first-order chi connectivity index (χ1) is 53.9. The van der Waals surface area contributed by atoms with Crippen LogP contribution in [-0.4, -0.2) is 213 Å². The van der Waals surface area contributed by atoms with Crippen molar-refractivity contribution in [2.24, 2.45) is 35.0 Å². The van der Waals surface area contributed by atoms with Gasteiger partial charge in [-0.1, -0.05) is 127 Å². The number of carbonyl (C=O) groups is 14. The average Bonchev–Trinajstić information content (AvgIpc) is 1.76. The van der Waals surface area contributed by atoms with Crippen molar-refractivity contribution in [3.05, 3.63) is 120 Å². The number of primary amides is 1. The molecule has 7 rings (SSSR count). The second-order valence-corrected chi connectivity index (χ2v) is 29.7. The minimum atomic E-state index is -1.99. The zero-order chi connectivity index (χ0) is 82.6. The summed E-state index contributed by atoms with van der Waals surface area (Å²) < 4.78 is 0. The Bertz CT molecular complexity index is 4400. The first-order valence-corrected chi connectivity index (χ1v) is 38.7. The lowest BCUT2D eigenvalue weighted by Gasteiger charge is -2.29. The molecule has 0 saturated carbocycles. The molecule has 0 unspecified atom stereocenters. The van der Waals surface area contributed by atoms with Gasteiger partial charge >= 0.3 is 5.97 Å². The number of carboxylic acids is 1. The van der Waals surface area contributed by atoms with Crippen LogP contribution in [0.5, 0.6) is 0 Å². The maximum absolute atomic E-state index is 15.0. The van der Waals surface area contributed by atoms with Crippen LogP contribution < -0.4 is 86.3 Å². The Morgan fingerprint density at radius 2 is 0.991 bits per heavy atom. The number of nitrogens with one attached hydrogen (secondary N) is 16. The Morgan fingerprint density at radius 3 is 1.53 bits per heavy atom. The molecule has 4 aromatic carbocycles. The van der Waals surface area contributed by atoms with Gasteiger partial charge in [0.05, 0.1) is 25.3 Å². The molecule has 0 bridgehead atoms. The van der Waals surface area contributed by atoms with Crippen molar-refractivity contribution in [2.75, 3.05) is 37.7 Å². The van der Waals surface area contributed by atoms with Crippen LogP contribution in [0.4, 0.5) is 0 Å². The van der Waals surface area contributed by atoms with Crippen molar-refractivity contribution in [3.63, 3.8) is 0 Å². The molecular formula is C77H105N19O16S. The number of H-pyrrole nitrogens is 2. The van der Waals surface area contributed by atoms with Crippen molar-refractivity contribution in [1.29, 1.82) is 5.41 Å². The summed E-state index contributed by atoms with van der Waals surface area (Å²) in [4.78, 5) is 207. The predicted octanol–water partition coefficient (Wildman–Crippen LogP) is -1.27. The molecule has 24 N–H and O–H groups in total. The number of hydrogen-bond acceptors (Lipinski definition) is 18. The third kappa shape index (κ3) is 26.5. The third-order valence-electron chi connectivity index (χ3n) is 19.3. The fourth-order valence-electron chi connectivity index (χ4n) is 12.8. The number of benzene rings is 4. The van der Waals surface area contributed by atoms with Gasteiger partial charge in [0.25, 0.3) is 0 Å². The number of thioether (sulfide) groups is 1. The zero-order valence-corrected chi connectivity index (χ0v) is 64.8. The summed E-state index contributed by atoms with van der Waals surface area (Å²) in [6.45, 7) is 7.95. The molecule has 0 spiro atoms. The number of aliphatic hydroxyl groups excluding tert-OH is 1. The van der Waals surface area contributed by atoms with Crippen molar-refractivity contribution in [2.45, 2.75) is 172 Å². The van der Waals surface area contributed by atoms with E-state index in [9.17, 15) is 63.0 Å². The lowest BCUT2D eigenvalue weighted by molar-refractivity contribution is -0.141. The molecule has 0 radical (unpaired) electrons. The minimum Gasteiger partial charge on any atom is -0.481 e. The SMILES string of the molecule is CC[C@H](C)[C@@H]1NC(=O)[C@@H](Cc2ccc3ccccc3c2)NC(=O)CSC[C@@H](C(N)=O)NC(=O)[C@H](C(C)C)NC(=O)[C@H](Cc2c[nH]c3ccccc23)NC(=O)[C@H](CCCCN)NC(=O)[C@H](C(C)C)NC(=O)[C@H](Cc2c[nH]c3ccccc23)NC(=O)[C@H](CC(=O)O)NC(=O)[C@H](CCCNC(=N)N)NC(=O)CNC(=O)[C@H](CO)NC1=O. The van der Waals surface area contributed by atoms with Gasteiger partial charge in [-0.05, 0) is 96.0 Å². The first-order valence-electron chi connectivity index (χ1n) is 37.5. The van der Waals surface area contributed by atoms with Gasteiger partial charge in [-0.3, -0.25) is 72.5 Å². The second-order valence-electron chi connectivity index (χ2n) is 28.6. The molecule has 1 saturated heterocycles. The van der Waals surface area contributed by atoms with E-state index in [-0.39, 0.29) is 70.2 Å². The number of para-hydroxylation sites is 2. The number of rotatable bonds is 22. The number of hydrogen-bond donors (Lipinski definition) is 21. The van der Waals surface area contributed by atoms with Crippen LogP contribution >= 0.6 is 11.8 Å². The van der Waals surface area contributed by atoms with E-state index in [0.717, 1.165) is 22.5 Å². The summed E-state index contributed by atoms with van der Waals surface area (Å²) >= 11 is 0.862. The van der Waals surface area contributed by atoms with Gasteiger partial charge in [0.1, 0.15) is 66.5 Å². The molecule has 610 valence electrons. The van der Waals surface area contributed by atoms with E-state index in [1.54, 1.807) is 109 Å². The predicted molar refractivity (Wildman–Crippen MR) is 423 cm³/mol. The number of amides is 13. The zero-order valence-electron chi connectivity index (χ0n) is 64.0. The molecule has 1 aliphatic heterocycles. The molecular weight excluding hydrogens is 1480 g/mol. The molecule has 3 heterocycles. The average molecular weight is 1580 g/mol. The number of aliphatic carboxylic acids is 1. The van der Waals surface area contributed by atoms with E-state index in [0.29, 0.717) is 44.9 Å². The Labute approximate surface area is 656 Å². The normalized spacial score (nSPS) is 23.1. The highest BCUT2D eigenvalue weighted by Crippen LogP contribution is 2.24. The number of carbonyl (C=O) groups excluding carboxylic acids is 13. The molecule has 2 aromatic heterocycles. The number of nitrogens with two attached hydrogens (primary N) is 3. The molecule has 35 nitrogen and oxygen atoms in total. The molecule has 6 aromatic rings. The molecule has 13 amide bonds. The molecule has 12 atom stereocenters. The fourth-order valence-corrected chi connectivity index (χ4v) is 13.6. The monoisotopic (exact) mass is 1580 g/mol. The molecule has 1 aliphatic rings. The molecule has 1 fully saturated rings. The second kappa shape index (κ2) is 43.2. The number of fused-ring (bicyclic) bond motifs is 3. The summed E-state index contributed by atoms with van der Waals surface area (Å²) in [7, 11) is 0. The van der Waals surface area contributed by atoms with Crippen molar-refractivity contribution < 1.29 is 77.3 Å². The van der Waals surface area contributed by atoms with E-state index in [1.165, 1.54) is 0 Å². The lowest BCUT2D eigenvalue weighted by Crippen LogP contribution is -2.62. The van der Waals surface area contributed by atoms with Crippen molar-refractivity contribution in [1.82, 2.24) is 79.1 Å². The molecule has 113 heavy (non-hydrogen) atoms. The highest BCUT2D eigenvalue weighted by molar-refractivity contribution is 8.00. The standard InChI is InChI=1S/C77H105N19O16S/c1-7-42(6)65-76(112)92-58(37-97)67(103)85-36-60(98)86-52(24-16-28-82-77(80)81)68(104)91-57(33-62(100)101)70(106)90-56(32-47-35-84-51-22-13-11-20-49(47)51)73(109)94-63(40(2)3)74(110)88-53(23-14-15-27-78)69(105)89-55(31-46-34-83-50-21-12-10-19-48(46)50)72(108)95-64(41(4)5)75(111)93-59(66(79)102)38-113-39-61(99)87-54(71(107)96-65)30-43-25-26-44-17-8-9-18-45(44)29-43/h8-13,17-22,25-26,29,34-35,40-42,52-59,63-65,83-84,97H,7,14-16,23-24,27-28,30-33,36-39,78H2,1-6H3,(H2,79,102)(H,85,103)(H,86,98)(H,87,99)(H,88,110)(H,89,105)(H,90,106)(H,91,104)(H,92,112)(H,93,111)(H,94,109)(H,95,108)(H,96,107)(H,100,101)(H4,80,81,82)/t42-,52-,53-,54+,55-,56-,57-,58-,59-,63-,64-,65-/m0/s1. The number of guanidine groups is 1. The Hall–Kier alpha value is -11.7. The molecule has 0 aliphatic carbocycles. The van der Waals surface area contributed by atoms with E-state index in [4.69, 9.17) is 22.6 Å². The van der Waals surface area contributed by atoms with Crippen LogP contribution in [0, 0.1) is 23.2 Å². The Kier molecular flexibility index (Phi) is 33.9. The fraction of sp³-hybridized carbons (Fsp3) is 0.468. The van der Waals surface area contributed by atoms with E-state index >= 15 is 14.4 Å². The van der Waals surface area contributed by atoms with Gasteiger partial charge in [-0.15, -0.1) is 11.8 Å². The largest absolute Gasteiger partial charge is 0.481 e. The van der Waals surface area contributed by atoms with Gasteiger partial charge in [-0.25, -0.2) is 0 Å². The van der Waals surface area contributed by atoms with Gasteiger partial charge in [0, 0.05) is 65.8 Å². The van der Waals surface area contributed by atoms with Crippen LogP contribution in [0.1, 0.15) is 103 Å². The first kappa shape index (κ1) is 88.6. The van der Waals surface area contributed by atoms with Crippen molar-refractivity contribution in [3.8, 4) is 0 Å². The number of unbranched alkanes of at least 4 members (excludes halogenated alkanes) is 1. The Balaban J connectivity index is 1.26.